The van der Waals surface area contributed by atoms with Crippen LogP contribution in [0.3, 0.4) is 0 Å². The van der Waals surface area contributed by atoms with E-state index in [4.69, 9.17) is 0 Å². The van der Waals surface area contributed by atoms with Crippen LogP contribution in [0.15, 0.2) is 23.3 Å². The van der Waals surface area contributed by atoms with Gasteiger partial charge in [0.15, 0.2) is 0 Å². The molecule has 0 spiro atoms. The van der Waals surface area contributed by atoms with Gasteiger partial charge in [-0.2, -0.15) is 0 Å². The van der Waals surface area contributed by atoms with Gasteiger partial charge in [-0.05, 0) is 20.8 Å². The van der Waals surface area contributed by atoms with E-state index in [0.717, 1.165) is 0 Å². The van der Waals surface area contributed by atoms with Gasteiger partial charge in [0.1, 0.15) is 0 Å². The molecule has 0 aromatic rings. The first-order chi connectivity index (χ1) is 5.95. The molecule has 74 valence electrons. The van der Waals surface area contributed by atoms with E-state index in [1.54, 1.807) is 19.0 Å². The van der Waals surface area contributed by atoms with Crippen molar-refractivity contribution in [2.45, 2.75) is 27.2 Å². The van der Waals surface area contributed by atoms with E-state index in [1.165, 1.54) is 11.1 Å². The van der Waals surface area contributed by atoms with E-state index < -0.39 is 0 Å². The predicted molar refractivity (Wildman–Crippen MR) is 56.5 cm³/mol. The predicted octanol–water partition coefficient (Wildman–Crippen LogP) is 2.38. The van der Waals surface area contributed by atoms with Crippen molar-refractivity contribution in [1.82, 2.24) is 4.90 Å². The van der Waals surface area contributed by atoms with Crippen LogP contribution in [0, 0.1) is 0 Å². The lowest BCUT2D eigenvalue weighted by Gasteiger charge is -2.07. The number of amides is 1. The van der Waals surface area contributed by atoms with Gasteiger partial charge in [0, 0.05) is 20.5 Å². The van der Waals surface area contributed by atoms with Crippen molar-refractivity contribution in [3.63, 3.8) is 0 Å². The molecule has 1 amide bonds. The fourth-order valence-corrected chi connectivity index (χ4v) is 0.686. The minimum Gasteiger partial charge on any atom is -0.349 e. The van der Waals surface area contributed by atoms with Crippen molar-refractivity contribution in [2.75, 3.05) is 14.1 Å². The Balaban J connectivity index is 4.04. The first-order valence-corrected chi connectivity index (χ1v) is 4.46. The SMILES string of the molecule is CC(C)=C(C)/C=C/CC(=O)N(C)C. The number of carbonyl (C=O) groups is 1. The zero-order valence-corrected chi connectivity index (χ0v) is 9.22. The fraction of sp³-hybridized carbons (Fsp3) is 0.545. The van der Waals surface area contributed by atoms with Gasteiger partial charge >= 0.3 is 0 Å². The Kier molecular flexibility index (Phi) is 5.12. The Bertz CT molecular complexity index is 232. The smallest absolute Gasteiger partial charge is 0.225 e. The molecule has 2 heteroatoms. The molecule has 13 heavy (non-hydrogen) atoms. The molecule has 0 unspecified atom stereocenters. The standard InChI is InChI=1S/C11H19NO/c1-9(2)10(3)7-6-8-11(13)12(4)5/h6-7H,8H2,1-5H3/b7-6+. The third kappa shape index (κ3) is 5.23. The molecule has 2 nitrogen and oxygen atoms in total. The minimum atomic E-state index is 0.137. The van der Waals surface area contributed by atoms with Crippen LogP contribution in [0.5, 0.6) is 0 Å². The van der Waals surface area contributed by atoms with Gasteiger partial charge in [-0.1, -0.05) is 23.3 Å². The monoisotopic (exact) mass is 181 g/mol. The molecule has 0 bridgehead atoms. The number of allylic oxidation sites excluding steroid dienone is 3. The maximum Gasteiger partial charge on any atom is 0.225 e. The fourth-order valence-electron chi connectivity index (χ4n) is 0.686. The normalized spacial score (nSPS) is 10.2. The van der Waals surface area contributed by atoms with Gasteiger partial charge in [-0.3, -0.25) is 4.79 Å². The number of carbonyl (C=O) groups excluding carboxylic acids is 1. The highest BCUT2D eigenvalue weighted by atomic mass is 16.2. The highest BCUT2D eigenvalue weighted by Gasteiger charge is 1.98. The number of hydrogen-bond acceptors (Lipinski definition) is 1. The van der Waals surface area contributed by atoms with Gasteiger partial charge < -0.3 is 4.90 Å². The molecule has 0 saturated heterocycles. The molecule has 0 aromatic heterocycles. The van der Waals surface area contributed by atoms with E-state index in [1.807, 2.05) is 19.1 Å². The Morgan fingerprint density at radius 3 is 2.15 bits per heavy atom. The number of nitrogens with zero attached hydrogens (tertiary/aromatic N) is 1. The average molecular weight is 181 g/mol. The molecule has 0 heterocycles. The molecule has 0 rings (SSSR count). The first-order valence-electron chi connectivity index (χ1n) is 4.46. The maximum absolute atomic E-state index is 11.2. The lowest BCUT2D eigenvalue weighted by molar-refractivity contribution is -0.127. The summed E-state index contributed by atoms with van der Waals surface area (Å²) in [7, 11) is 3.54. The summed E-state index contributed by atoms with van der Waals surface area (Å²) in [5.41, 5.74) is 2.51. The first kappa shape index (κ1) is 11.9. The van der Waals surface area contributed by atoms with Gasteiger partial charge in [-0.25, -0.2) is 0 Å². The van der Waals surface area contributed by atoms with Crippen LogP contribution in [-0.4, -0.2) is 24.9 Å². The lowest BCUT2D eigenvalue weighted by Crippen LogP contribution is -2.20. The molecule has 0 aliphatic carbocycles. The van der Waals surface area contributed by atoms with Gasteiger partial charge in [-0.15, -0.1) is 0 Å². The van der Waals surface area contributed by atoms with Crippen LogP contribution in [0.1, 0.15) is 27.2 Å². The second-order valence-electron chi connectivity index (χ2n) is 3.58. The van der Waals surface area contributed by atoms with Crippen LogP contribution in [0.25, 0.3) is 0 Å². The van der Waals surface area contributed by atoms with E-state index in [2.05, 4.69) is 13.8 Å². The Hall–Kier alpha value is -1.05. The van der Waals surface area contributed by atoms with Crippen molar-refractivity contribution in [3.8, 4) is 0 Å². The molecule has 0 atom stereocenters. The number of hydrogen-bond donors (Lipinski definition) is 0. The molecule has 0 saturated carbocycles. The average Bonchev–Trinajstić information content (AvgIpc) is 2.03. The minimum absolute atomic E-state index is 0.137. The zero-order chi connectivity index (χ0) is 10.4. The van der Waals surface area contributed by atoms with Gasteiger partial charge in [0.2, 0.25) is 5.91 Å². The van der Waals surface area contributed by atoms with E-state index in [0.29, 0.717) is 6.42 Å². The molecule has 0 N–H and O–H groups in total. The number of rotatable bonds is 3. The third-order valence-electron chi connectivity index (χ3n) is 1.95. The third-order valence-corrected chi connectivity index (χ3v) is 1.95. The molecular formula is C11H19NO. The molecule has 0 fully saturated rings. The quantitative estimate of drug-likeness (QED) is 0.612. The summed E-state index contributed by atoms with van der Waals surface area (Å²) in [6, 6.07) is 0. The summed E-state index contributed by atoms with van der Waals surface area (Å²) in [5.74, 6) is 0.137. The molecule has 0 aliphatic rings. The second-order valence-corrected chi connectivity index (χ2v) is 3.58. The summed E-state index contributed by atoms with van der Waals surface area (Å²) in [6.45, 7) is 6.17. The highest BCUT2D eigenvalue weighted by Crippen LogP contribution is 2.03. The lowest BCUT2D eigenvalue weighted by atomic mass is 10.1. The van der Waals surface area contributed by atoms with Crippen LogP contribution in [-0.2, 0) is 4.79 Å². The van der Waals surface area contributed by atoms with E-state index in [-0.39, 0.29) is 5.91 Å². The van der Waals surface area contributed by atoms with Crippen molar-refractivity contribution < 1.29 is 4.79 Å². The summed E-state index contributed by atoms with van der Waals surface area (Å²) in [4.78, 5) is 12.8. The van der Waals surface area contributed by atoms with E-state index >= 15 is 0 Å². The Labute approximate surface area is 80.9 Å². The van der Waals surface area contributed by atoms with Gasteiger partial charge in [0.05, 0.1) is 0 Å². The molecule has 0 radical (unpaired) electrons. The highest BCUT2D eigenvalue weighted by molar-refractivity contribution is 5.77. The van der Waals surface area contributed by atoms with Gasteiger partial charge in [0.25, 0.3) is 0 Å². The Morgan fingerprint density at radius 1 is 1.23 bits per heavy atom. The van der Waals surface area contributed by atoms with Crippen molar-refractivity contribution >= 4 is 5.91 Å². The van der Waals surface area contributed by atoms with Crippen LogP contribution in [0.4, 0.5) is 0 Å². The van der Waals surface area contributed by atoms with Crippen molar-refractivity contribution in [2.24, 2.45) is 0 Å². The van der Waals surface area contributed by atoms with Crippen molar-refractivity contribution in [3.05, 3.63) is 23.3 Å². The summed E-state index contributed by atoms with van der Waals surface area (Å²) in [5, 5.41) is 0. The summed E-state index contributed by atoms with van der Waals surface area (Å²) in [6.07, 6.45) is 4.39. The van der Waals surface area contributed by atoms with E-state index in [9.17, 15) is 4.79 Å². The Morgan fingerprint density at radius 2 is 1.77 bits per heavy atom. The topological polar surface area (TPSA) is 20.3 Å². The van der Waals surface area contributed by atoms with Crippen LogP contribution < -0.4 is 0 Å². The summed E-state index contributed by atoms with van der Waals surface area (Å²) < 4.78 is 0. The molecule has 0 aliphatic heterocycles. The van der Waals surface area contributed by atoms with Crippen molar-refractivity contribution in [1.29, 1.82) is 0 Å². The zero-order valence-electron chi connectivity index (χ0n) is 9.22. The summed E-state index contributed by atoms with van der Waals surface area (Å²) >= 11 is 0. The molecular weight excluding hydrogens is 162 g/mol. The second kappa shape index (κ2) is 5.57. The largest absolute Gasteiger partial charge is 0.349 e. The molecule has 0 aromatic carbocycles. The maximum atomic E-state index is 11.2. The van der Waals surface area contributed by atoms with Crippen LogP contribution >= 0.6 is 0 Å². The van der Waals surface area contributed by atoms with Crippen LogP contribution in [0.2, 0.25) is 0 Å².